The second kappa shape index (κ2) is 3.87. The number of aromatic hydroxyl groups is 1. The summed E-state index contributed by atoms with van der Waals surface area (Å²) in [6.07, 6.45) is 1.90. The first-order chi connectivity index (χ1) is 7.60. The molecule has 0 bridgehead atoms. The maximum Gasteiger partial charge on any atom is 0.203 e. The van der Waals surface area contributed by atoms with E-state index in [1.807, 2.05) is 13.0 Å². The average Bonchev–Trinajstić information content (AvgIpc) is 2.98. The number of phenolic OH excluding ortho intramolecular Hbond substituents is 1. The fraction of sp³-hybridized carbons (Fsp3) is 0.500. The first-order valence-corrected chi connectivity index (χ1v) is 5.44. The van der Waals surface area contributed by atoms with E-state index in [0.29, 0.717) is 18.1 Å². The molecule has 0 saturated heterocycles. The lowest BCUT2D eigenvalue weighted by Gasteiger charge is -2.15. The Kier molecular flexibility index (Phi) is 2.68. The van der Waals surface area contributed by atoms with Gasteiger partial charge >= 0.3 is 0 Å². The van der Waals surface area contributed by atoms with Crippen molar-refractivity contribution in [3.8, 4) is 17.2 Å². The van der Waals surface area contributed by atoms with Crippen LogP contribution in [0.2, 0.25) is 0 Å². The molecule has 0 heterocycles. The summed E-state index contributed by atoms with van der Waals surface area (Å²) >= 11 is 0. The van der Waals surface area contributed by atoms with Crippen LogP contribution in [-0.2, 0) is 5.54 Å². The number of phenols is 1. The highest BCUT2D eigenvalue weighted by Gasteiger charge is 2.41. The van der Waals surface area contributed by atoms with Crippen molar-refractivity contribution in [1.82, 2.24) is 0 Å². The first-order valence-electron chi connectivity index (χ1n) is 5.44. The van der Waals surface area contributed by atoms with Crippen molar-refractivity contribution >= 4 is 0 Å². The van der Waals surface area contributed by atoms with Crippen molar-refractivity contribution in [1.29, 1.82) is 0 Å². The quantitative estimate of drug-likeness (QED) is 0.816. The molecule has 0 aromatic heterocycles. The molecule has 1 fully saturated rings. The maximum atomic E-state index is 9.83. The van der Waals surface area contributed by atoms with Crippen molar-refractivity contribution in [3.05, 3.63) is 17.7 Å². The van der Waals surface area contributed by atoms with Gasteiger partial charge in [0.1, 0.15) is 0 Å². The van der Waals surface area contributed by atoms with Gasteiger partial charge in [0.2, 0.25) is 5.75 Å². The van der Waals surface area contributed by atoms with Crippen LogP contribution in [0.5, 0.6) is 17.2 Å². The molecular weight excluding hydrogens is 206 g/mol. The lowest BCUT2D eigenvalue weighted by molar-refractivity contribution is 0.299. The molecule has 1 aromatic rings. The summed E-state index contributed by atoms with van der Waals surface area (Å²) in [4.78, 5) is 0. The molecule has 0 spiro atoms. The number of ether oxygens (including phenoxy) is 2. The molecule has 4 nitrogen and oxygen atoms in total. The fourth-order valence-electron chi connectivity index (χ4n) is 1.77. The van der Waals surface area contributed by atoms with E-state index in [4.69, 9.17) is 15.2 Å². The molecular formula is C12H17NO3. The van der Waals surface area contributed by atoms with Gasteiger partial charge < -0.3 is 20.3 Å². The van der Waals surface area contributed by atoms with Gasteiger partial charge in [-0.05, 0) is 37.5 Å². The van der Waals surface area contributed by atoms with Gasteiger partial charge in [-0.15, -0.1) is 0 Å². The van der Waals surface area contributed by atoms with Gasteiger partial charge in [0.05, 0.1) is 13.7 Å². The summed E-state index contributed by atoms with van der Waals surface area (Å²) in [5.74, 6) is 1.01. The van der Waals surface area contributed by atoms with E-state index in [1.165, 1.54) is 7.11 Å². The Morgan fingerprint density at radius 1 is 1.44 bits per heavy atom. The van der Waals surface area contributed by atoms with E-state index in [-0.39, 0.29) is 11.3 Å². The minimum absolute atomic E-state index is 0.0835. The van der Waals surface area contributed by atoms with Crippen molar-refractivity contribution in [2.45, 2.75) is 25.3 Å². The number of benzene rings is 1. The molecule has 1 aromatic carbocycles. The van der Waals surface area contributed by atoms with Gasteiger partial charge in [-0.3, -0.25) is 0 Å². The lowest BCUT2D eigenvalue weighted by Crippen LogP contribution is -2.18. The van der Waals surface area contributed by atoms with Crippen LogP contribution < -0.4 is 15.2 Å². The summed E-state index contributed by atoms with van der Waals surface area (Å²) in [7, 11) is 1.51. The van der Waals surface area contributed by atoms with Gasteiger partial charge in [-0.2, -0.15) is 0 Å². The van der Waals surface area contributed by atoms with E-state index >= 15 is 0 Å². The zero-order valence-electron chi connectivity index (χ0n) is 9.62. The summed E-state index contributed by atoms with van der Waals surface area (Å²) in [5, 5.41) is 9.83. The third-order valence-corrected chi connectivity index (χ3v) is 2.90. The Morgan fingerprint density at radius 3 is 2.62 bits per heavy atom. The minimum Gasteiger partial charge on any atom is -0.504 e. The molecule has 3 N–H and O–H groups in total. The van der Waals surface area contributed by atoms with Crippen LogP contribution in [0, 0.1) is 0 Å². The topological polar surface area (TPSA) is 64.7 Å². The van der Waals surface area contributed by atoms with Gasteiger partial charge in [0, 0.05) is 5.54 Å². The fourth-order valence-corrected chi connectivity index (χ4v) is 1.77. The number of rotatable bonds is 4. The highest BCUT2D eigenvalue weighted by molar-refractivity contribution is 5.55. The Bertz CT molecular complexity index is 399. The van der Waals surface area contributed by atoms with Gasteiger partial charge in [0.25, 0.3) is 0 Å². The molecule has 1 aliphatic rings. The monoisotopic (exact) mass is 223 g/mol. The van der Waals surface area contributed by atoms with Crippen LogP contribution in [0.25, 0.3) is 0 Å². The molecule has 0 aliphatic heterocycles. The third-order valence-electron chi connectivity index (χ3n) is 2.90. The SMILES string of the molecule is CCOc1cc(C2(N)CC2)cc(O)c1OC. The normalized spacial score (nSPS) is 16.9. The molecule has 88 valence electrons. The van der Waals surface area contributed by atoms with Gasteiger partial charge in [-0.1, -0.05) is 0 Å². The smallest absolute Gasteiger partial charge is 0.203 e. The second-order valence-electron chi connectivity index (χ2n) is 4.12. The molecule has 1 saturated carbocycles. The second-order valence-corrected chi connectivity index (χ2v) is 4.12. The highest BCUT2D eigenvalue weighted by atomic mass is 16.5. The van der Waals surface area contributed by atoms with E-state index in [9.17, 15) is 5.11 Å². The standard InChI is InChI=1S/C12H17NO3/c1-3-16-10-7-8(12(13)4-5-12)6-9(14)11(10)15-2/h6-7,14H,3-5,13H2,1-2H3. The number of methoxy groups -OCH3 is 1. The summed E-state index contributed by atoms with van der Waals surface area (Å²) < 4.78 is 10.5. The van der Waals surface area contributed by atoms with Crippen LogP contribution >= 0.6 is 0 Å². The minimum atomic E-state index is -0.282. The Morgan fingerprint density at radius 2 is 2.12 bits per heavy atom. The van der Waals surface area contributed by atoms with Crippen molar-refractivity contribution in [2.75, 3.05) is 13.7 Å². The van der Waals surface area contributed by atoms with Crippen molar-refractivity contribution < 1.29 is 14.6 Å². The Labute approximate surface area is 95.0 Å². The van der Waals surface area contributed by atoms with Crippen LogP contribution in [0.4, 0.5) is 0 Å². The predicted octanol–water partition coefficient (Wildman–Crippen LogP) is 1.75. The zero-order valence-corrected chi connectivity index (χ0v) is 9.62. The highest BCUT2D eigenvalue weighted by Crippen LogP contribution is 2.48. The molecule has 0 atom stereocenters. The van der Waals surface area contributed by atoms with Crippen LogP contribution in [0.1, 0.15) is 25.3 Å². The lowest BCUT2D eigenvalue weighted by atomic mass is 10.0. The van der Waals surface area contributed by atoms with Crippen LogP contribution in [0.15, 0.2) is 12.1 Å². The Balaban J connectivity index is 2.43. The zero-order chi connectivity index (χ0) is 11.8. The summed E-state index contributed by atoms with van der Waals surface area (Å²) in [6, 6.07) is 3.52. The van der Waals surface area contributed by atoms with E-state index in [1.54, 1.807) is 6.07 Å². The predicted molar refractivity (Wildman–Crippen MR) is 60.9 cm³/mol. The maximum absolute atomic E-state index is 9.83. The number of nitrogens with two attached hydrogens (primary N) is 1. The first kappa shape index (κ1) is 11.1. The molecule has 2 rings (SSSR count). The molecule has 0 radical (unpaired) electrons. The molecule has 4 heteroatoms. The Hall–Kier alpha value is -1.42. The van der Waals surface area contributed by atoms with Crippen LogP contribution in [0.3, 0.4) is 0 Å². The van der Waals surface area contributed by atoms with Gasteiger partial charge in [0.15, 0.2) is 11.5 Å². The van der Waals surface area contributed by atoms with E-state index in [2.05, 4.69) is 0 Å². The largest absolute Gasteiger partial charge is 0.504 e. The van der Waals surface area contributed by atoms with Gasteiger partial charge in [-0.25, -0.2) is 0 Å². The molecule has 0 amide bonds. The average molecular weight is 223 g/mol. The molecule has 1 aliphatic carbocycles. The van der Waals surface area contributed by atoms with E-state index < -0.39 is 0 Å². The molecule has 0 unspecified atom stereocenters. The number of hydrogen-bond donors (Lipinski definition) is 2. The summed E-state index contributed by atoms with van der Waals surface area (Å²) in [5.41, 5.74) is 6.72. The summed E-state index contributed by atoms with van der Waals surface area (Å²) in [6.45, 7) is 2.41. The van der Waals surface area contributed by atoms with E-state index in [0.717, 1.165) is 18.4 Å². The molecule has 16 heavy (non-hydrogen) atoms. The third kappa shape index (κ3) is 1.80. The number of hydrogen-bond acceptors (Lipinski definition) is 4. The van der Waals surface area contributed by atoms with Crippen molar-refractivity contribution in [2.24, 2.45) is 5.73 Å². The van der Waals surface area contributed by atoms with Crippen molar-refractivity contribution in [3.63, 3.8) is 0 Å². The van der Waals surface area contributed by atoms with Crippen LogP contribution in [-0.4, -0.2) is 18.8 Å².